The van der Waals surface area contributed by atoms with E-state index in [1.54, 1.807) is 19.9 Å². The van der Waals surface area contributed by atoms with E-state index in [1.807, 2.05) is 13.0 Å². The SMILES string of the molecule is CCOC(=O)/C(C)=C\C1C(C)=CC(=O)CC1(C)C. The van der Waals surface area contributed by atoms with Gasteiger partial charge >= 0.3 is 5.97 Å². The van der Waals surface area contributed by atoms with Crippen molar-refractivity contribution in [3.05, 3.63) is 23.3 Å². The molecule has 0 aromatic rings. The summed E-state index contributed by atoms with van der Waals surface area (Å²) in [6.45, 7) is 9.99. The van der Waals surface area contributed by atoms with Crippen LogP contribution in [0.1, 0.15) is 41.0 Å². The van der Waals surface area contributed by atoms with E-state index in [9.17, 15) is 9.59 Å². The van der Waals surface area contributed by atoms with E-state index >= 15 is 0 Å². The van der Waals surface area contributed by atoms with Crippen molar-refractivity contribution >= 4 is 11.8 Å². The van der Waals surface area contributed by atoms with Crippen LogP contribution < -0.4 is 0 Å². The van der Waals surface area contributed by atoms with Gasteiger partial charge in [0.05, 0.1) is 6.61 Å². The highest BCUT2D eigenvalue weighted by molar-refractivity contribution is 5.92. The maximum atomic E-state index is 11.6. The highest BCUT2D eigenvalue weighted by Gasteiger charge is 2.35. The minimum atomic E-state index is -0.280. The number of rotatable bonds is 3. The molecule has 0 fully saturated rings. The van der Waals surface area contributed by atoms with Gasteiger partial charge in [-0.3, -0.25) is 4.79 Å². The molecule has 1 atom stereocenters. The Morgan fingerprint density at radius 2 is 2.17 bits per heavy atom. The predicted molar refractivity (Wildman–Crippen MR) is 71.0 cm³/mol. The molecule has 0 heterocycles. The molecule has 0 spiro atoms. The van der Waals surface area contributed by atoms with Gasteiger partial charge in [0, 0.05) is 17.9 Å². The molecule has 0 aromatic carbocycles. The topological polar surface area (TPSA) is 43.4 Å². The average Bonchev–Trinajstić information content (AvgIpc) is 2.22. The fraction of sp³-hybridized carbons (Fsp3) is 0.600. The second-order valence-electron chi connectivity index (χ2n) is 5.57. The molecule has 0 bridgehead atoms. The second-order valence-corrected chi connectivity index (χ2v) is 5.57. The lowest BCUT2D eigenvalue weighted by Crippen LogP contribution is -2.31. The van der Waals surface area contributed by atoms with Gasteiger partial charge in [-0.15, -0.1) is 0 Å². The number of allylic oxidation sites excluding steroid dienone is 3. The Morgan fingerprint density at radius 1 is 1.56 bits per heavy atom. The molecular weight excluding hydrogens is 228 g/mol. The van der Waals surface area contributed by atoms with Gasteiger partial charge < -0.3 is 4.74 Å². The largest absolute Gasteiger partial charge is 0.463 e. The van der Waals surface area contributed by atoms with E-state index < -0.39 is 0 Å². The molecular formula is C15H22O3. The van der Waals surface area contributed by atoms with Gasteiger partial charge in [0.25, 0.3) is 0 Å². The highest BCUT2D eigenvalue weighted by atomic mass is 16.5. The van der Waals surface area contributed by atoms with E-state index in [0.29, 0.717) is 18.6 Å². The molecule has 100 valence electrons. The number of carbonyl (C=O) groups is 2. The van der Waals surface area contributed by atoms with Gasteiger partial charge in [0.1, 0.15) is 0 Å². The fourth-order valence-electron chi connectivity index (χ4n) is 2.49. The number of ether oxygens (including phenoxy) is 1. The predicted octanol–water partition coefficient (Wildman–Crippen LogP) is 3.06. The standard InChI is InChI=1S/C15H22O3/c1-6-18-14(17)11(3)8-13-10(2)7-12(16)9-15(13,4)5/h7-8,13H,6,9H2,1-5H3/b11-8-. The van der Waals surface area contributed by atoms with Crippen molar-refractivity contribution < 1.29 is 14.3 Å². The summed E-state index contributed by atoms with van der Waals surface area (Å²) in [5.41, 5.74) is 1.47. The zero-order valence-corrected chi connectivity index (χ0v) is 11.9. The number of carbonyl (C=O) groups excluding carboxylic acids is 2. The molecule has 1 aliphatic carbocycles. The van der Waals surface area contributed by atoms with E-state index in [-0.39, 0.29) is 23.1 Å². The Labute approximate surface area is 109 Å². The lowest BCUT2D eigenvalue weighted by atomic mass is 9.68. The first-order valence-corrected chi connectivity index (χ1v) is 6.34. The van der Waals surface area contributed by atoms with Crippen LogP contribution in [0.25, 0.3) is 0 Å². The first-order valence-electron chi connectivity index (χ1n) is 6.34. The van der Waals surface area contributed by atoms with Crippen molar-refractivity contribution in [1.29, 1.82) is 0 Å². The molecule has 1 aliphatic rings. The van der Waals surface area contributed by atoms with Crippen LogP contribution in [0.15, 0.2) is 23.3 Å². The van der Waals surface area contributed by atoms with Crippen molar-refractivity contribution in [1.82, 2.24) is 0 Å². The molecule has 0 saturated heterocycles. The number of hydrogen-bond donors (Lipinski definition) is 0. The number of hydrogen-bond acceptors (Lipinski definition) is 3. The van der Waals surface area contributed by atoms with E-state index in [4.69, 9.17) is 4.74 Å². The molecule has 1 unspecified atom stereocenters. The van der Waals surface area contributed by atoms with Gasteiger partial charge in [0.2, 0.25) is 0 Å². The van der Waals surface area contributed by atoms with Crippen molar-refractivity contribution in [2.24, 2.45) is 11.3 Å². The Morgan fingerprint density at radius 3 is 2.67 bits per heavy atom. The molecule has 0 aliphatic heterocycles. The summed E-state index contributed by atoms with van der Waals surface area (Å²) >= 11 is 0. The molecule has 3 heteroatoms. The van der Waals surface area contributed by atoms with Gasteiger partial charge in [-0.2, -0.15) is 0 Å². The lowest BCUT2D eigenvalue weighted by Gasteiger charge is -2.36. The van der Waals surface area contributed by atoms with E-state index in [1.165, 1.54) is 0 Å². The van der Waals surface area contributed by atoms with Gasteiger partial charge in [0.15, 0.2) is 5.78 Å². The van der Waals surface area contributed by atoms with Gasteiger partial charge in [-0.1, -0.05) is 25.5 Å². The first-order chi connectivity index (χ1) is 8.27. The van der Waals surface area contributed by atoms with Crippen molar-refractivity contribution in [3.8, 4) is 0 Å². The molecule has 0 aromatic heterocycles. The summed E-state index contributed by atoms with van der Waals surface area (Å²) in [5, 5.41) is 0. The van der Waals surface area contributed by atoms with Crippen LogP contribution in [0.4, 0.5) is 0 Å². The van der Waals surface area contributed by atoms with Crippen LogP contribution in [-0.4, -0.2) is 18.4 Å². The zero-order chi connectivity index (χ0) is 13.9. The summed E-state index contributed by atoms with van der Waals surface area (Å²) in [7, 11) is 0. The van der Waals surface area contributed by atoms with Crippen molar-refractivity contribution in [3.63, 3.8) is 0 Å². The minimum Gasteiger partial charge on any atom is -0.463 e. The normalized spacial score (nSPS) is 23.6. The van der Waals surface area contributed by atoms with Crippen molar-refractivity contribution in [2.45, 2.75) is 41.0 Å². The zero-order valence-electron chi connectivity index (χ0n) is 11.9. The first kappa shape index (κ1) is 14.7. The van der Waals surface area contributed by atoms with Crippen LogP contribution in [0.2, 0.25) is 0 Å². The Hall–Kier alpha value is -1.38. The summed E-state index contributed by atoms with van der Waals surface area (Å²) in [6.07, 6.45) is 4.13. The van der Waals surface area contributed by atoms with Crippen LogP contribution in [0.5, 0.6) is 0 Å². The molecule has 0 radical (unpaired) electrons. The van der Waals surface area contributed by atoms with Gasteiger partial charge in [-0.05, 0) is 32.3 Å². The molecule has 18 heavy (non-hydrogen) atoms. The van der Waals surface area contributed by atoms with E-state index in [2.05, 4.69) is 13.8 Å². The number of esters is 1. The van der Waals surface area contributed by atoms with Crippen LogP contribution in [-0.2, 0) is 14.3 Å². The summed E-state index contributed by atoms with van der Waals surface area (Å²) < 4.78 is 4.98. The fourth-order valence-corrected chi connectivity index (χ4v) is 2.49. The van der Waals surface area contributed by atoms with Crippen LogP contribution in [0, 0.1) is 11.3 Å². The van der Waals surface area contributed by atoms with Gasteiger partial charge in [-0.25, -0.2) is 4.79 Å². The van der Waals surface area contributed by atoms with Crippen LogP contribution in [0.3, 0.4) is 0 Å². The Kier molecular flexibility index (Phi) is 4.49. The highest BCUT2D eigenvalue weighted by Crippen LogP contribution is 2.40. The third-order valence-electron chi connectivity index (χ3n) is 3.37. The Bertz CT molecular complexity index is 413. The third-order valence-corrected chi connectivity index (χ3v) is 3.37. The lowest BCUT2D eigenvalue weighted by molar-refractivity contribution is -0.138. The maximum absolute atomic E-state index is 11.6. The smallest absolute Gasteiger partial charge is 0.333 e. The minimum absolute atomic E-state index is 0.111. The second kappa shape index (κ2) is 5.51. The average molecular weight is 250 g/mol. The monoisotopic (exact) mass is 250 g/mol. The molecule has 3 nitrogen and oxygen atoms in total. The molecule has 0 N–H and O–H groups in total. The van der Waals surface area contributed by atoms with E-state index in [0.717, 1.165) is 5.57 Å². The van der Waals surface area contributed by atoms with Crippen LogP contribution >= 0.6 is 0 Å². The molecule has 0 amide bonds. The quantitative estimate of drug-likeness (QED) is 0.571. The number of ketones is 1. The van der Waals surface area contributed by atoms with Crippen molar-refractivity contribution in [2.75, 3.05) is 6.61 Å². The summed E-state index contributed by atoms with van der Waals surface area (Å²) in [6, 6.07) is 0. The molecule has 0 saturated carbocycles. The summed E-state index contributed by atoms with van der Waals surface area (Å²) in [4.78, 5) is 23.2. The third kappa shape index (κ3) is 3.31. The summed E-state index contributed by atoms with van der Waals surface area (Å²) in [5.74, 6) is -0.00598. The maximum Gasteiger partial charge on any atom is 0.333 e. The molecule has 1 rings (SSSR count). The Balaban J connectivity index is 3.00.